The van der Waals surface area contributed by atoms with Gasteiger partial charge in [-0.25, -0.2) is 4.79 Å². The van der Waals surface area contributed by atoms with Gasteiger partial charge >= 0.3 is 5.97 Å². The van der Waals surface area contributed by atoms with Crippen molar-refractivity contribution < 1.29 is 9.53 Å². The molecule has 0 aliphatic rings. The van der Waals surface area contributed by atoms with Crippen molar-refractivity contribution in [2.75, 3.05) is 0 Å². The van der Waals surface area contributed by atoms with Crippen molar-refractivity contribution in [1.29, 1.82) is 0 Å². The highest BCUT2D eigenvalue weighted by atomic mass is 16.5. The van der Waals surface area contributed by atoms with E-state index in [-0.39, 0.29) is 5.97 Å². The van der Waals surface area contributed by atoms with E-state index in [1.165, 1.54) is 94.6 Å². The molecule has 0 unspecified atom stereocenters. The van der Waals surface area contributed by atoms with Crippen LogP contribution in [-0.4, -0.2) is 5.97 Å². The molecule has 0 aliphatic heterocycles. The van der Waals surface area contributed by atoms with E-state index >= 15 is 0 Å². The highest BCUT2D eigenvalue weighted by Gasteiger charge is 2.13. The summed E-state index contributed by atoms with van der Waals surface area (Å²) in [4.78, 5) is 12.1. The Kier molecular flexibility index (Phi) is 15.1. The maximum Gasteiger partial charge on any atom is 0.338 e. The van der Waals surface area contributed by atoms with Crippen molar-refractivity contribution in [2.45, 2.75) is 124 Å². The third kappa shape index (κ3) is 11.6. The minimum atomic E-state index is -0.316. The van der Waals surface area contributed by atoms with Crippen molar-refractivity contribution in [2.24, 2.45) is 0 Å². The number of hydrogen-bond donors (Lipinski definition) is 0. The molecule has 1 aromatic rings. The molecule has 170 valence electrons. The first-order valence-corrected chi connectivity index (χ1v) is 12.6. The highest BCUT2D eigenvalue weighted by molar-refractivity contribution is 5.89. The molecule has 1 rings (SSSR count). The fraction of sp³-hybridized carbons (Fsp3) is 0.679. The van der Waals surface area contributed by atoms with Crippen LogP contribution in [0.4, 0.5) is 0 Å². The second-order valence-corrected chi connectivity index (χ2v) is 8.81. The zero-order chi connectivity index (χ0) is 22.0. The first-order valence-electron chi connectivity index (χ1n) is 12.6. The van der Waals surface area contributed by atoms with Gasteiger partial charge in [0, 0.05) is 5.57 Å². The van der Waals surface area contributed by atoms with Crippen LogP contribution in [0.3, 0.4) is 0 Å². The number of esters is 1. The van der Waals surface area contributed by atoms with Crippen LogP contribution in [-0.2, 0) is 17.6 Å². The average Bonchev–Trinajstić information content (AvgIpc) is 2.73. The van der Waals surface area contributed by atoms with Gasteiger partial charge < -0.3 is 4.74 Å². The van der Waals surface area contributed by atoms with E-state index in [9.17, 15) is 4.79 Å². The van der Waals surface area contributed by atoms with Crippen molar-refractivity contribution in [3.63, 3.8) is 0 Å². The minimum Gasteiger partial charge on any atom is -0.423 e. The normalized spacial score (nSPS) is 10.9. The summed E-state index contributed by atoms with van der Waals surface area (Å²) in [5.41, 5.74) is 3.06. The second kappa shape index (κ2) is 17.1. The molecule has 0 aliphatic carbocycles. The predicted octanol–water partition coefficient (Wildman–Crippen LogP) is 8.75. The Morgan fingerprint density at radius 2 is 1.27 bits per heavy atom. The van der Waals surface area contributed by atoms with Gasteiger partial charge in [0.05, 0.1) is 0 Å². The number of carbonyl (C=O) groups is 1. The van der Waals surface area contributed by atoms with Gasteiger partial charge in [0.2, 0.25) is 0 Å². The molecular formula is C28H46O2. The lowest BCUT2D eigenvalue weighted by atomic mass is 9.95. The maximum atomic E-state index is 12.1. The Hall–Kier alpha value is -1.57. The zero-order valence-electron chi connectivity index (χ0n) is 20.1. The van der Waals surface area contributed by atoms with Gasteiger partial charge in [-0.3, -0.25) is 0 Å². The standard InChI is InChI=1S/C28H46O2/c1-5-7-9-11-13-15-17-20-25-21-19-23-27(30-28(29)24(3)4)26(25)22-18-16-14-12-10-8-6-2/h19,21,23H,3,5-18,20,22H2,1-2,4H3. The summed E-state index contributed by atoms with van der Waals surface area (Å²) in [6.07, 6.45) is 20.4. The third-order valence-electron chi connectivity index (χ3n) is 5.86. The Morgan fingerprint density at radius 3 is 1.80 bits per heavy atom. The zero-order valence-corrected chi connectivity index (χ0v) is 20.1. The molecule has 0 bridgehead atoms. The molecule has 0 fully saturated rings. The molecule has 0 spiro atoms. The van der Waals surface area contributed by atoms with E-state index in [1.807, 2.05) is 12.1 Å². The van der Waals surface area contributed by atoms with Crippen molar-refractivity contribution in [1.82, 2.24) is 0 Å². The van der Waals surface area contributed by atoms with Crippen LogP contribution < -0.4 is 4.74 Å². The fourth-order valence-corrected chi connectivity index (χ4v) is 3.94. The molecule has 0 aromatic heterocycles. The fourth-order valence-electron chi connectivity index (χ4n) is 3.94. The molecular weight excluding hydrogens is 368 g/mol. The Bertz CT molecular complexity index is 603. The number of carbonyl (C=O) groups excluding carboxylic acids is 1. The number of hydrogen-bond acceptors (Lipinski definition) is 2. The molecule has 0 saturated carbocycles. The molecule has 0 N–H and O–H groups in total. The SMILES string of the molecule is C=C(C)C(=O)Oc1cccc(CCCCCCCCC)c1CCCCCCCCC. The molecule has 1 aromatic carbocycles. The summed E-state index contributed by atoms with van der Waals surface area (Å²) in [6, 6.07) is 6.21. The van der Waals surface area contributed by atoms with E-state index in [2.05, 4.69) is 26.5 Å². The largest absolute Gasteiger partial charge is 0.423 e. The molecule has 0 atom stereocenters. The van der Waals surface area contributed by atoms with E-state index in [4.69, 9.17) is 4.74 Å². The summed E-state index contributed by atoms with van der Waals surface area (Å²) in [5.74, 6) is 0.429. The predicted molar refractivity (Wildman–Crippen MR) is 130 cm³/mol. The van der Waals surface area contributed by atoms with Crippen LogP contribution in [0.15, 0.2) is 30.4 Å². The van der Waals surface area contributed by atoms with Gasteiger partial charge in [0.15, 0.2) is 0 Å². The molecule has 2 nitrogen and oxygen atoms in total. The summed E-state index contributed by atoms with van der Waals surface area (Å²) < 4.78 is 5.69. The number of ether oxygens (including phenoxy) is 1. The van der Waals surface area contributed by atoms with Crippen molar-refractivity contribution >= 4 is 5.97 Å². The molecule has 30 heavy (non-hydrogen) atoms. The lowest BCUT2D eigenvalue weighted by Crippen LogP contribution is -2.11. The molecule has 2 heteroatoms. The number of benzene rings is 1. The smallest absolute Gasteiger partial charge is 0.338 e. The van der Waals surface area contributed by atoms with Crippen LogP contribution in [0.2, 0.25) is 0 Å². The molecule has 0 radical (unpaired) electrons. The van der Waals surface area contributed by atoms with Crippen LogP contribution in [0.1, 0.15) is 122 Å². The van der Waals surface area contributed by atoms with Gasteiger partial charge in [-0.15, -0.1) is 0 Å². The highest BCUT2D eigenvalue weighted by Crippen LogP contribution is 2.27. The lowest BCUT2D eigenvalue weighted by Gasteiger charge is -2.15. The summed E-state index contributed by atoms with van der Waals surface area (Å²) in [5, 5.41) is 0. The Balaban J connectivity index is 2.63. The number of rotatable bonds is 18. The number of aryl methyl sites for hydroxylation is 1. The summed E-state index contributed by atoms with van der Waals surface area (Å²) in [7, 11) is 0. The molecule has 0 heterocycles. The van der Waals surface area contributed by atoms with Crippen LogP contribution in [0, 0.1) is 0 Å². The summed E-state index contributed by atoms with van der Waals surface area (Å²) in [6.45, 7) is 9.96. The Labute approximate surface area is 186 Å². The number of unbranched alkanes of at least 4 members (excludes halogenated alkanes) is 12. The summed E-state index contributed by atoms with van der Waals surface area (Å²) >= 11 is 0. The van der Waals surface area contributed by atoms with Crippen LogP contribution >= 0.6 is 0 Å². The topological polar surface area (TPSA) is 26.3 Å². The van der Waals surface area contributed by atoms with Crippen molar-refractivity contribution in [3.05, 3.63) is 41.5 Å². The molecule has 0 saturated heterocycles. The van der Waals surface area contributed by atoms with Gasteiger partial charge in [-0.1, -0.05) is 110 Å². The van der Waals surface area contributed by atoms with Crippen molar-refractivity contribution in [3.8, 4) is 5.75 Å². The van der Waals surface area contributed by atoms with Crippen LogP contribution in [0.25, 0.3) is 0 Å². The third-order valence-corrected chi connectivity index (χ3v) is 5.86. The quantitative estimate of drug-likeness (QED) is 0.104. The van der Waals surface area contributed by atoms with Gasteiger partial charge in [0.1, 0.15) is 5.75 Å². The van der Waals surface area contributed by atoms with E-state index in [0.29, 0.717) is 5.57 Å². The average molecular weight is 415 g/mol. The van der Waals surface area contributed by atoms with E-state index in [1.54, 1.807) is 6.92 Å². The van der Waals surface area contributed by atoms with Gasteiger partial charge in [-0.05, 0) is 49.8 Å². The first-order chi connectivity index (χ1) is 14.6. The monoisotopic (exact) mass is 414 g/mol. The first kappa shape index (κ1) is 26.5. The van der Waals surface area contributed by atoms with E-state index in [0.717, 1.165) is 25.0 Å². The minimum absolute atomic E-state index is 0.316. The Morgan fingerprint density at radius 1 is 0.767 bits per heavy atom. The second-order valence-electron chi connectivity index (χ2n) is 8.81. The lowest BCUT2D eigenvalue weighted by molar-refractivity contribution is -0.130. The van der Waals surface area contributed by atoms with Gasteiger partial charge in [0.25, 0.3) is 0 Å². The van der Waals surface area contributed by atoms with Crippen LogP contribution in [0.5, 0.6) is 5.75 Å². The van der Waals surface area contributed by atoms with E-state index < -0.39 is 0 Å². The van der Waals surface area contributed by atoms with Gasteiger partial charge in [-0.2, -0.15) is 0 Å². The molecule has 0 amide bonds. The maximum absolute atomic E-state index is 12.1.